The van der Waals surface area contributed by atoms with E-state index in [1.807, 2.05) is 4.68 Å². The van der Waals surface area contributed by atoms with E-state index in [1.54, 1.807) is 7.05 Å². The lowest BCUT2D eigenvalue weighted by atomic mass is 9.74. The van der Waals surface area contributed by atoms with Crippen LogP contribution in [0, 0.1) is 6.92 Å². The second-order valence-electron chi connectivity index (χ2n) is 7.39. The van der Waals surface area contributed by atoms with Gasteiger partial charge in [-0.15, -0.1) is 0 Å². The number of carbonyl (C=O) groups is 1. The van der Waals surface area contributed by atoms with Gasteiger partial charge < -0.3 is 5.32 Å². The summed E-state index contributed by atoms with van der Waals surface area (Å²) in [6, 6.07) is 6.99. The summed E-state index contributed by atoms with van der Waals surface area (Å²) in [7, 11) is 1.65. The molecule has 1 aromatic heterocycles. The van der Waals surface area contributed by atoms with Crippen LogP contribution in [0.5, 0.6) is 0 Å². The highest BCUT2D eigenvalue weighted by Crippen LogP contribution is 2.45. The Labute approximate surface area is 149 Å². The summed E-state index contributed by atoms with van der Waals surface area (Å²) in [5, 5.41) is 4.03. The van der Waals surface area contributed by atoms with Gasteiger partial charge in [-0.25, -0.2) is 10.2 Å². The molecule has 0 unspecified atom stereocenters. The van der Waals surface area contributed by atoms with Crippen molar-refractivity contribution in [2.45, 2.75) is 51.5 Å². The first-order valence-corrected chi connectivity index (χ1v) is 9.51. The summed E-state index contributed by atoms with van der Waals surface area (Å²) in [4.78, 5) is 14.6. The van der Waals surface area contributed by atoms with Crippen molar-refractivity contribution in [2.24, 2.45) is 0 Å². The van der Waals surface area contributed by atoms with E-state index in [0.29, 0.717) is 12.0 Å². The predicted molar refractivity (Wildman–Crippen MR) is 102 cm³/mol. The Morgan fingerprint density at radius 1 is 1.36 bits per heavy atom. The topological polar surface area (TPSA) is 49.3 Å². The van der Waals surface area contributed by atoms with Gasteiger partial charge in [-0.05, 0) is 62.9 Å². The van der Waals surface area contributed by atoms with Crippen molar-refractivity contribution in [3.05, 3.63) is 35.0 Å². The van der Waals surface area contributed by atoms with E-state index >= 15 is 0 Å². The number of rotatable bonds is 3. The molecule has 1 aliphatic heterocycles. The molecule has 5 heteroatoms. The number of nitrogens with one attached hydrogen (secondary N) is 2. The van der Waals surface area contributed by atoms with Crippen LogP contribution in [-0.4, -0.2) is 41.8 Å². The van der Waals surface area contributed by atoms with Gasteiger partial charge in [0.05, 0.1) is 5.52 Å². The molecule has 1 fully saturated rings. The Morgan fingerprint density at radius 2 is 2.20 bits per heavy atom. The maximum atomic E-state index is 11.9. The minimum absolute atomic E-state index is 0.179. The van der Waals surface area contributed by atoms with Gasteiger partial charge in [-0.3, -0.25) is 9.58 Å². The predicted octanol–water partition coefficient (Wildman–Crippen LogP) is 3.35. The second-order valence-corrected chi connectivity index (χ2v) is 7.39. The average molecular weight is 340 g/mol. The lowest BCUT2D eigenvalue weighted by Crippen LogP contribution is -2.47. The molecule has 1 saturated heterocycles. The molecule has 2 heterocycles. The van der Waals surface area contributed by atoms with E-state index in [-0.39, 0.29) is 6.03 Å². The highest BCUT2D eigenvalue weighted by Gasteiger charge is 2.38. The second kappa shape index (κ2) is 6.37. The van der Waals surface area contributed by atoms with Gasteiger partial charge in [0.2, 0.25) is 0 Å². The van der Waals surface area contributed by atoms with E-state index in [2.05, 4.69) is 47.7 Å². The first-order chi connectivity index (χ1) is 12.2. The van der Waals surface area contributed by atoms with Crippen molar-refractivity contribution in [3.8, 4) is 0 Å². The van der Waals surface area contributed by atoms with Crippen molar-refractivity contribution in [3.63, 3.8) is 0 Å². The molecule has 134 valence electrons. The number of piperidine rings is 1. The molecular weight excluding hydrogens is 312 g/mol. The fraction of sp³-hybridized carbons (Fsp3) is 0.550. The zero-order chi connectivity index (χ0) is 17.6. The molecule has 2 aromatic rings. The van der Waals surface area contributed by atoms with Gasteiger partial charge in [0.25, 0.3) is 0 Å². The molecule has 4 rings (SSSR count). The van der Waals surface area contributed by atoms with Crippen molar-refractivity contribution >= 4 is 16.9 Å². The molecular formula is C20H28N4O. The van der Waals surface area contributed by atoms with E-state index in [1.165, 1.54) is 48.9 Å². The van der Waals surface area contributed by atoms with Crippen LogP contribution in [0.3, 0.4) is 0 Å². The molecule has 2 N–H and O–H groups in total. The number of carbonyl (C=O) groups excluding carboxylic acids is 1. The quantitative estimate of drug-likeness (QED) is 0.900. The molecule has 25 heavy (non-hydrogen) atoms. The summed E-state index contributed by atoms with van der Waals surface area (Å²) < 4.78 is 1.97. The Kier molecular flexibility index (Phi) is 4.20. The normalized spacial score (nSPS) is 22.7. The standard InChI is InChI=1S/C20H28N4O/c1-4-10-23-11-6-8-14-15-7-5-9-17-19(15)16(12-18(14)23)13(2)24(17)22-20(25)21-3/h5,7,9,14,18H,4,6,8,10-12H2,1-3H3,(H2,21,22,25)/t14-,18-/m1/s1. The molecule has 2 aliphatic rings. The molecule has 0 spiro atoms. The van der Waals surface area contributed by atoms with Crippen molar-refractivity contribution in [1.29, 1.82) is 0 Å². The van der Waals surface area contributed by atoms with E-state index in [4.69, 9.17) is 0 Å². The van der Waals surface area contributed by atoms with Crippen LogP contribution in [0.2, 0.25) is 0 Å². The van der Waals surface area contributed by atoms with Crippen molar-refractivity contribution < 1.29 is 4.79 Å². The lowest BCUT2D eigenvalue weighted by molar-refractivity contribution is 0.124. The molecule has 2 atom stereocenters. The van der Waals surface area contributed by atoms with Crippen LogP contribution in [0.25, 0.3) is 10.9 Å². The minimum Gasteiger partial charge on any atom is -0.340 e. The molecule has 0 bridgehead atoms. The fourth-order valence-corrected chi connectivity index (χ4v) is 4.96. The number of hydrogen-bond acceptors (Lipinski definition) is 2. The maximum Gasteiger partial charge on any atom is 0.333 e. The number of nitrogens with zero attached hydrogens (tertiary/aromatic N) is 2. The van der Waals surface area contributed by atoms with Gasteiger partial charge in [0.15, 0.2) is 0 Å². The van der Waals surface area contributed by atoms with Crippen LogP contribution in [0.1, 0.15) is 48.9 Å². The molecule has 0 radical (unpaired) electrons. The number of likely N-dealkylation sites (tertiary alicyclic amines) is 1. The number of aromatic nitrogens is 1. The highest BCUT2D eigenvalue weighted by molar-refractivity contribution is 5.93. The molecule has 2 amide bonds. The van der Waals surface area contributed by atoms with Crippen molar-refractivity contribution in [2.75, 3.05) is 25.6 Å². The van der Waals surface area contributed by atoms with Gasteiger partial charge >= 0.3 is 6.03 Å². The molecule has 1 aliphatic carbocycles. The Balaban J connectivity index is 1.84. The zero-order valence-electron chi connectivity index (χ0n) is 15.4. The lowest BCUT2D eigenvalue weighted by Gasteiger charge is -2.44. The number of benzene rings is 1. The van der Waals surface area contributed by atoms with Gasteiger partial charge in [-0.1, -0.05) is 19.1 Å². The molecule has 1 aromatic carbocycles. The van der Waals surface area contributed by atoms with Crippen LogP contribution >= 0.6 is 0 Å². The SMILES string of the molecule is CCCN1CCC[C@@H]2c3cccc4c3c(c(C)n4NC(=O)NC)C[C@H]21. The molecule has 0 saturated carbocycles. The third-order valence-corrected chi connectivity index (χ3v) is 6.05. The van der Waals surface area contributed by atoms with E-state index in [0.717, 1.165) is 17.6 Å². The van der Waals surface area contributed by atoms with Crippen LogP contribution < -0.4 is 10.7 Å². The van der Waals surface area contributed by atoms with Crippen LogP contribution in [0.4, 0.5) is 4.79 Å². The first kappa shape index (κ1) is 16.5. The minimum atomic E-state index is -0.179. The summed E-state index contributed by atoms with van der Waals surface area (Å²) in [6.07, 6.45) is 4.85. The Morgan fingerprint density at radius 3 is 2.96 bits per heavy atom. The number of hydrogen-bond donors (Lipinski definition) is 2. The summed E-state index contributed by atoms with van der Waals surface area (Å²) in [5.41, 5.74) is 8.15. The fourth-order valence-electron chi connectivity index (χ4n) is 4.96. The highest BCUT2D eigenvalue weighted by atomic mass is 16.2. The number of amides is 2. The third-order valence-electron chi connectivity index (χ3n) is 6.05. The first-order valence-electron chi connectivity index (χ1n) is 9.51. The maximum absolute atomic E-state index is 11.9. The average Bonchev–Trinajstić information content (AvgIpc) is 2.90. The number of fused-ring (bicyclic) bond motifs is 2. The smallest absolute Gasteiger partial charge is 0.333 e. The van der Waals surface area contributed by atoms with Crippen LogP contribution in [-0.2, 0) is 6.42 Å². The Bertz CT molecular complexity index is 808. The van der Waals surface area contributed by atoms with E-state index in [9.17, 15) is 4.79 Å². The van der Waals surface area contributed by atoms with Gasteiger partial charge in [0, 0.05) is 30.1 Å². The number of urea groups is 1. The zero-order valence-corrected chi connectivity index (χ0v) is 15.4. The van der Waals surface area contributed by atoms with Crippen LogP contribution in [0.15, 0.2) is 18.2 Å². The van der Waals surface area contributed by atoms with E-state index < -0.39 is 0 Å². The summed E-state index contributed by atoms with van der Waals surface area (Å²) in [5.74, 6) is 0.617. The van der Waals surface area contributed by atoms with Gasteiger partial charge in [0.1, 0.15) is 0 Å². The van der Waals surface area contributed by atoms with Gasteiger partial charge in [-0.2, -0.15) is 0 Å². The summed E-state index contributed by atoms with van der Waals surface area (Å²) >= 11 is 0. The van der Waals surface area contributed by atoms with Crippen molar-refractivity contribution in [1.82, 2.24) is 14.9 Å². The third kappa shape index (κ3) is 2.53. The Hall–Kier alpha value is -2.01. The molecule has 5 nitrogen and oxygen atoms in total. The summed E-state index contributed by atoms with van der Waals surface area (Å²) in [6.45, 7) is 6.80. The monoisotopic (exact) mass is 340 g/mol. The largest absolute Gasteiger partial charge is 0.340 e.